The van der Waals surface area contributed by atoms with E-state index in [1.165, 1.54) is 148 Å². The summed E-state index contributed by atoms with van der Waals surface area (Å²) in [7, 11) is 2.14. The van der Waals surface area contributed by atoms with Gasteiger partial charge in [-0.2, -0.15) is 0 Å². The molecule has 1 aliphatic rings. The molecule has 2 unspecified atom stereocenters. The average Bonchev–Trinajstić information content (AvgIpc) is 3.63. The van der Waals surface area contributed by atoms with Crippen molar-refractivity contribution in [1.29, 1.82) is 0 Å². The summed E-state index contributed by atoms with van der Waals surface area (Å²) in [6.07, 6.45) is 51.6. The van der Waals surface area contributed by atoms with Crippen molar-refractivity contribution in [1.82, 2.24) is 5.32 Å². The van der Waals surface area contributed by atoms with Crippen molar-refractivity contribution < 1.29 is 0 Å². The number of unbranched alkanes of at least 4 members (excludes halogenated alkanes) is 16. The van der Waals surface area contributed by atoms with Gasteiger partial charge in [0.15, 0.2) is 0 Å². The Balaban J connectivity index is 1.93. The Morgan fingerprint density at radius 3 is 1.12 bits per heavy atom. The zero-order valence-electron chi connectivity index (χ0n) is 27.5. The van der Waals surface area contributed by atoms with Crippen LogP contribution in [0.15, 0.2) is 48.6 Å². The predicted octanol–water partition coefficient (Wildman–Crippen LogP) is 12.7. The highest BCUT2D eigenvalue weighted by Gasteiger charge is 2.47. The first-order valence-corrected chi connectivity index (χ1v) is 18.1. The van der Waals surface area contributed by atoms with Gasteiger partial charge in [0.2, 0.25) is 0 Å². The topological polar surface area (TPSA) is 12.0 Å². The molecule has 0 aromatic heterocycles. The molecular formula is C39H71N. The van der Waals surface area contributed by atoms with Crippen molar-refractivity contribution in [3.8, 4) is 0 Å². The highest BCUT2D eigenvalue weighted by atomic mass is 14.8. The molecule has 0 aliphatic heterocycles. The Hall–Kier alpha value is -1.08. The first kappa shape index (κ1) is 36.9. The standard InChI is InChI=1S/C39H71N/c1-4-6-8-10-12-14-16-18-20-22-24-26-28-30-32-34-37-38(39(37)36-40-3)35-33-31-29-27-25-23-21-19-17-15-13-11-9-7-5-2/h12-15,18-21,37-40H,4-11,16-17,22-36H2,1-3H3/b14-12-,15-13-,20-18-,21-19-. The quantitative estimate of drug-likeness (QED) is 0.0689. The van der Waals surface area contributed by atoms with Gasteiger partial charge < -0.3 is 5.32 Å². The van der Waals surface area contributed by atoms with E-state index in [4.69, 9.17) is 0 Å². The first-order chi connectivity index (χ1) is 19.8. The van der Waals surface area contributed by atoms with Crippen LogP contribution in [0, 0.1) is 17.8 Å². The Bertz CT molecular complexity index is 575. The second-order valence-electron chi connectivity index (χ2n) is 12.6. The monoisotopic (exact) mass is 554 g/mol. The van der Waals surface area contributed by atoms with E-state index >= 15 is 0 Å². The Morgan fingerprint density at radius 2 is 0.750 bits per heavy atom. The average molecular weight is 554 g/mol. The SMILES string of the molecule is CCCCC/C=C\C/C=C\CCCCCCCC1C(CCCCCCC/C=C\C/C=C\CCCCC)C1CNC. The van der Waals surface area contributed by atoms with E-state index < -0.39 is 0 Å². The lowest BCUT2D eigenvalue weighted by Crippen LogP contribution is -2.11. The zero-order valence-corrected chi connectivity index (χ0v) is 27.5. The molecular weight excluding hydrogens is 482 g/mol. The van der Waals surface area contributed by atoms with Gasteiger partial charge in [0.1, 0.15) is 0 Å². The molecule has 0 aromatic rings. The van der Waals surface area contributed by atoms with E-state index in [2.05, 4.69) is 74.8 Å². The van der Waals surface area contributed by atoms with Gasteiger partial charge in [-0.3, -0.25) is 0 Å². The summed E-state index contributed by atoms with van der Waals surface area (Å²) >= 11 is 0. The lowest BCUT2D eigenvalue weighted by molar-refractivity contribution is 0.517. The van der Waals surface area contributed by atoms with E-state index in [1.807, 2.05) is 0 Å². The summed E-state index contributed by atoms with van der Waals surface area (Å²) in [4.78, 5) is 0. The smallest absolute Gasteiger partial charge is 0.00180 e. The van der Waals surface area contributed by atoms with Gasteiger partial charge in [-0.15, -0.1) is 0 Å². The number of hydrogen-bond acceptors (Lipinski definition) is 1. The largest absolute Gasteiger partial charge is 0.319 e. The molecule has 1 saturated carbocycles. The molecule has 1 aliphatic carbocycles. The van der Waals surface area contributed by atoms with Crippen LogP contribution in [-0.4, -0.2) is 13.6 Å². The molecule has 0 saturated heterocycles. The molecule has 1 heteroatoms. The summed E-state index contributed by atoms with van der Waals surface area (Å²) in [5, 5.41) is 3.48. The molecule has 0 amide bonds. The summed E-state index contributed by atoms with van der Waals surface area (Å²) in [6, 6.07) is 0. The molecule has 40 heavy (non-hydrogen) atoms. The minimum absolute atomic E-state index is 0.974. The fourth-order valence-electron chi connectivity index (χ4n) is 6.30. The van der Waals surface area contributed by atoms with E-state index in [0.717, 1.165) is 30.6 Å². The van der Waals surface area contributed by atoms with Gasteiger partial charge in [-0.25, -0.2) is 0 Å². The summed E-state index contributed by atoms with van der Waals surface area (Å²) in [5.41, 5.74) is 0. The van der Waals surface area contributed by atoms with Crippen LogP contribution >= 0.6 is 0 Å². The van der Waals surface area contributed by atoms with Crippen LogP contribution in [-0.2, 0) is 0 Å². The van der Waals surface area contributed by atoms with E-state index in [1.54, 1.807) is 0 Å². The minimum atomic E-state index is 0.974. The fourth-order valence-corrected chi connectivity index (χ4v) is 6.30. The molecule has 0 aromatic carbocycles. The van der Waals surface area contributed by atoms with E-state index in [-0.39, 0.29) is 0 Å². The first-order valence-electron chi connectivity index (χ1n) is 18.1. The van der Waals surface area contributed by atoms with Crippen molar-refractivity contribution in [2.75, 3.05) is 13.6 Å². The van der Waals surface area contributed by atoms with E-state index in [0.29, 0.717) is 0 Å². The normalized spacial score (nSPS) is 19.3. The van der Waals surface area contributed by atoms with Gasteiger partial charge >= 0.3 is 0 Å². The van der Waals surface area contributed by atoms with E-state index in [9.17, 15) is 0 Å². The number of allylic oxidation sites excluding steroid dienone is 8. The van der Waals surface area contributed by atoms with Crippen molar-refractivity contribution in [3.05, 3.63) is 48.6 Å². The van der Waals surface area contributed by atoms with Crippen LogP contribution in [0.5, 0.6) is 0 Å². The maximum absolute atomic E-state index is 3.48. The highest BCUT2D eigenvalue weighted by Crippen LogP contribution is 2.52. The molecule has 0 bridgehead atoms. The van der Waals surface area contributed by atoms with Crippen LogP contribution in [0.3, 0.4) is 0 Å². The maximum Gasteiger partial charge on any atom is -0.00180 e. The molecule has 1 fully saturated rings. The van der Waals surface area contributed by atoms with Gasteiger partial charge in [-0.1, -0.05) is 140 Å². The van der Waals surface area contributed by atoms with Crippen molar-refractivity contribution in [3.63, 3.8) is 0 Å². The molecule has 2 atom stereocenters. The molecule has 232 valence electrons. The minimum Gasteiger partial charge on any atom is -0.319 e. The number of hydrogen-bond donors (Lipinski definition) is 1. The summed E-state index contributed by atoms with van der Waals surface area (Å²) in [5.74, 6) is 3.02. The maximum atomic E-state index is 3.48. The molecule has 1 nitrogen and oxygen atoms in total. The van der Waals surface area contributed by atoms with Crippen LogP contribution in [0.1, 0.15) is 168 Å². The molecule has 1 rings (SSSR count). The third kappa shape index (κ3) is 22.6. The second-order valence-corrected chi connectivity index (χ2v) is 12.6. The molecule has 1 N–H and O–H groups in total. The summed E-state index contributed by atoms with van der Waals surface area (Å²) < 4.78 is 0. The van der Waals surface area contributed by atoms with Crippen LogP contribution in [0.2, 0.25) is 0 Å². The highest BCUT2D eigenvalue weighted by molar-refractivity contribution is 4.97. The van der Waals surface area contributed by atoms with Gasteiger partial charge in [0, 0.05) is 0 Å². The Labute approximate surface area is 252 Å². The fraction of sp³-hybridized carbons (Fsp3) is 0.795. The molecule has 0 radical (unpaired) electrons. The zero-order chi connectivity index (χ0) is 28.8. The van der Waals surface area contributed by atoms with Crippen molar-refractivity contribution in [2.45, 2.75) is 168 Å². The Kier molecular flexibility index (Phi) is 27.2. The Morgan fingerprint density at radius 1 is 0.400 bits per heavy atom. The lowest BCUT2D eigenvalue weighted by Gasteiger charge is -2.02. The second kappa shape index (κ2) is 29.4. The molecule has 0 spiro atoms. The van der Waals surface area contributed by atoms with Gasteiger partial charge in [0.25, 0.3) is 0 Å². The van der Waals surface area contributed by atoms with Crippen molar-refractivity contribution >= 4 is 0 Å². The van der Waals surface area contributed by atoms with Crippen LogP contribution in [0.4, 0.5) is 0 Å². The van der Waals surface area contributed by atoms with Crippen molar-refractivity contribution in [2.24, 2.45) is 17.8 Å². The van der Waals surface area contributed by atoms with Crippen LogP contribution in [0.25, 0.3) is 0 Å². The molecule has 0 heterocycles. The predicted molar refractivity (Wildman–Crippen MR) is 183 cm³/mol. The lowest BCUT2D eigenvalue weighted by atomic mass is 10.0. The number of nitrogens with one attached hydrogen (secondary N) is 1. The van der Waals surface area contributed by atoms with Gasteiger partial charge in [-0.05, 0) is 108 Å². The third-order valence-electron chi connectivity index (χ3n) is 8.92. The summed E-state index contributed by atoms with van der Waals surface area (Å²) in [6.45, 7) is 5.79. The third-order valence-corrected chi connectivity index (χ3v) is 8.92. The van der Waals surface area contributed by atoms with Gasteiger partial charge in [0.05, 0.1) is 0 Å². The van der Waals surface area contributed by atoms with Crippen LogP contribution < -0.4 is 5.32 Å². The number of rotatable bonds is 30.